The van der Waals surface area contributed by atoms with Crippen LogP contribution in [0.3, 0.4) is 0 Å². The molecule has 1 aromatic carbocycles. The summed E-state index contributed by atoms with van der Waals surface area (Å²) in [5.41, 5.74) is 0.182. The summed E-state index contributed by atoms with van der Waals surface area (Å²) in [5, 5.41) is 2.63. The fourth-order valence-electron chi connectivity index (χ4n) is 2.29. The Hall–Kier alpha value is -1.89. The number of ether oxygens (including phenoxy) is 1. The molecule has 0 aliphatic rings. The highest BCUT2D eigenvalue weighted by molar-refractivity contribution is 7.47. The summed E-state index contributed by atoms with van der Waals surface area (Å²) in [6, 6.07) is 5.67. The van der Waals surface area contributed by atoms with Gasteiger partial charge in [0.1, 0.15) is 5.75 Å². The number of phosphoric ester groups is 1. The molecule has 1 rings (SSSR count). The number of benzene rings is 1. The van der Waals surface area contributed by atoms with E-state index in [1.165, 1.54) is 37.8 Å². The van der Waals surface area contributed by atoms with Gasteiger partial charge in [-0.2, -0.15) is 0 Å². The summed E-state index contributed by atoms with van der Waals surface area (Å²) >= 11 is 0. The van der Waals surface area contributed by atoms with Crippen LogP contribution in [0.2, 0.25) is 0 Å². The first kappa shape index (κ1) is 23.1. The summed E-state index contributed by atoms with van der Waals surface area (Å²) in [4.78, 5) is 32.8. The molecule has 0 aliphatic heterocycles. The van der Waals surface area contributed by atoms with E-state index >= 15 is 0 Å². The van der Waals surface area contributed by atoms with Crippen LogP contribution in [0.1, 0.15) is 55.8 Å². The number of unbranched alkanes of at least 4 members (excludes halogenated alkanes) is 4. The Balaban J connectivity index is 2.30. The van der Waals surface area contributed by atoms with Gasteiger partial charge in [-0.15, -0.1) is 0 Å². The predicted octanol–water partition coefficient (Wildman–Crippen LogP) is 3.45. The first-order chi connectivity index (χ1) is 12.9. The van der Waals surface area contributed by atoms with Crippen molar-refractivity contribution >= 4 is 19.7 Å². The van der Waals surface area contributed by atoms with Crippen molar-refractivity contribution in [3.63, 3.8) is 0 Å². The van der Waals surface area contributed by atoms with Gasteiger partial charge < -0.3 is 14.6 Å². The van der Waals surface area contributed by atoms with E-state index in [1.807, 2.05) is 0 Å². The normalized spacial score (nSPS) is 12.9. The molecule has 1 unspecified atom stereocenters. The SMILES string of the molecule is CCCCCCCC(=O)NCCOP(=O)(O)Oc1cccc(C(=O)OC)c1. The predicted molar refractivity (Wildman–Crippen MR) is 101 cm³/mol. The van der Waals surface area contributed by atoms with E-state index in [0.29, 0.717) is 6.42 Å². The largest absolute Gasteiger partial charge is 0.527 e. The number of hydrogen-bond acceptors (Lipinski definition) is 6. The lowest BCUT2D eigenvalue weighted by atomic mass is 10.1. The van der Waals surface area contributed by atoms with Crippen LogP contribution in [-0.4, -0.2) is 37.0 Å². The van der Waals surface area contributed by atoms with Gasteiger partial charge in [-0.05, 0) is 24.6 Å². The van der Waals surface area contributed by atoms with Crippen LogP contribution in [-0.2, 0) is 18.6 Å². The van der Waals surface area contributed by atoms with Crippen LogP contribution in [0.15, 0.2) is 24.3 Å². The number of phosphoric acid groups is 1. The molecule has 9 heteroatoms. The molecule has 0 aliphatic carbocycles. The van der Waals surface area contributed by atoms with Crippen molar-refractivity contribution in [2.45, 2.75) is 45.4 Å². The van der Waals surface area contributed by atoms with Crippen molar-refractivity contribution in [3.8, 4) is 5.75 Å². The summed E-state index contributed by atoms with van der Waals surface area (Å²) in [6.45, 7) is 2.06. The standard InChI is InChI=1S/C18H28NO7P/c1-3-4-5-6-7-11-17(20)19-12-13-25-27(22,23)26-16-10-8-9-15(14-16)18(21)24-2/h8-10,14H,3-7,11-13H2,1-2H3,(H,19,20)(H,22,23). The second-order valence-electron chi connectivity index (χ2n) is 5.93. The number of methoxy groups -OCH3 is 1. The summed E-state index contributed by atoms with van der Waals surface area (Å²) < 4.78 is 26.2. The van der Waals surface area contributed by atoms with Crippen molar-refractivity contribution in [2.75, 3.05) is 20.3 Å². The lowest BCUT2D eigenvalue weighted by molar-refractivity contribution is -0.121. The van der Waals surface area contributed by atoms with E-state index < -0.39 is 13.8 Å². The van der Waals surface area contributed by atoms with E-state index in [-0.39, 0.29) is 30.4 Å². The van der Waals surface area contributed by atoms with Gasteiger partial charge in [-0.3, -0.25) is 14.2 Å². The van der Waals surface area contributed by atoms with Crippen molar-refractivity contribution in [1.29, 1.82) is 0 Å². The van der Waals surface area contributed by atoms with Crippen molar-refractivity contribution < 1.29 is 32.8 Å². The van der Waals surface area contributed by atoms with Crippen LogP contribution in [0.4, 0.5) is 0 Å². The van der Waals surface area contributed by atoms with Gasteiger partial charge in [0.25, 0.3) is 0 Å². The Morgan fingerprint density at radius 2 is 1.93 bits per heavy atom. The molecular weight excluding hydrogens is 373 g/mol. The van der Waals surface area contributed by atoms with Crippen LogP contribution in [0, 0.1) is 0 Å². The minimum absolute atomic E-state index is 0.000141. The molecule has 0 bridgehead atoms. The number of hydrogen-bond donors (Lipinski definition) is 2. The number of nitrogens with one attached hydrogen (secondary N) is 1. The van der Waals surface area contributed by atoms with Crippen molar-refractivity contribution in [2.24, 2.45) is 0 Å². The Morgan fingerprint density at radius 3 is 2.63 bits per heavy atom. The third-order valence-corrected chi connectivity index (χ3v) is 4.61. The molecule has 152 valence electrons. The highest BCUT2D eigenvalue weighted by Crippen LogP contribution is 2.43. The quantitative estimate of drug-likeness (QED) is 0.296. The Labute approximate surface area is 159 Å². The average molecular weight is 401 g/mol. The number of esters is 1. The molecule has 0 radical (unpaired) electrons. The third kappa shape index (κ3) is 10.1. The molecule has 0 heterocycles. The smallest absolute Gasteiger partial charge is 0.465 e. The Kier molecular flexibility index (Phi) is 10.7. The number of rotatable bonds is 13. The van der Waals surface area contributed by atoms with Crippen LogP contribution in [0.25, 0.3) is 0 Å². The zero-order valence-corrected chi connectivity index (χ0v) is 16.7. The fraction of sp³-hybridized carbons (Fsp3) is 0.556. The van der Waals surface area contributed by atoms with E-state index in [0.717, 1.165) is 25.7 Å². The Morgan fingerprint density at radius 1 is 1.19 bits per heavy atom. The zero-order chi connectivity index (χ0) is 20.1. The zero-order valence-electron chi connectivity index (χ0n) is 15.8. The molecule has 1 amide bonds. The van der Waals surface area contributed by atoms with Gasteiger partial charge in [0.05, 0.1) is 19.3 Å². The second kappa shape index (κ2) is 12.5. The van der Waals surface area contributed by atoms with Gasteiger partial charge in [0, 0.05) is 13.0 Å². The first-order valence-electron chi connectivity index (χ1n) is 9.00. The molecule has 0 fully saturated rings. The molecule has 1 aromatic rings. The summed E-state index contributed by atoms with van der Waals surface area (Å²) in [7, 11) is -3.14. The van der Waals surface area contributed by atoms with Gasteiger partial charge >= 0.3 is 13.8 Å². The van der Waals surface area contributed by atoms with E-state index in [1.54, 1.807) is 0 Å². The molecule has 0 spiro atoms. The van der Waals surface area contributed by atoms with Crippen molar-refractivity contribution in [3.05, 3.63) is 29.8 Å². The van der Waals surface area contributed by atoms with Crippen LogP contribution < -0.4 is 9.84 Å². The minimum atomic E-state index is -4.37. The van der Waals surface area contributed by atoms with Crippen LogP contribution >= 0.6 is 7.82 Å². The monoisotopic (exact) mass is 401 g/mol. The van der Waals surface area contributed by atoms with Crippen molar-refractivity contribution in [1.82, 2.24) is 5.32 Å². The van der Waals surface area contributed by atoms with E-state index in [4.69, 9.17) is 9.05 Å². The van der Waals surface area contributed by atoms with Gasteiger partial charge in [-0.1, -0.05) is 38.7 Å². The highest BCUT2D eigenvalue weighted by Gasteiger charge is 2.23. The second-order valence-corrected chi connectivity index (χ2v) is 7.30. The highest BCUT2D eigenvalue weighted by atomic mass is 31.2. The van der Waals surface area contributed by atoms with E-state index in [9.17, 15) is 19.0 Å². The average Bonchev–Trinajstić information content (AvgIpc) is 2.64. The molecule has 8 nitrogen and oxygen atoms in total. The van der Waals surface area contributed by atoms with E-state index in [2.05, 4.69) is 17.0 Å². The molecular formula is C18H28NO7P. The first-order valence-corrected chi connectivity index (χ1v) is 10.5. The summed E-state index contributed by atoms with van der Waals surface area (Å²) in [5.74, 6) is -0.707. The third-order valence-electron chi connectivity index (χ3n) is 3.66. The molecule has 0 aromatic heterocycles. The molecule has 0 saturated heterocycles. The molecule has 2 N–H and O–H groups in total. The lowest BCUT2D eigenvalue weighted by Gasteiger charge is -2.14. The van der Waals surface area contributed by atoms with Crippen LogP contribution in [0.5, 0.6) is 5.75 Å². The minimum Gasteiger partial charge on any atom is -0.465 e. The maximum Gasteiger partial charge on any atom is 0.527 e. The van der Waals surface area contributed by atoms with Gasteiger partial charge in [0.15, 0.2) is 0 Å². The maximum absolute atomic E-state index is 11.9. The topological polar surface area (TPSA) is 111 Å². The maximum atomic E-state index is 11.9. The van der Waals surface area contributed by atoms with Gasteiger partial charge in [-0.25, -0.2) is 9.36 Å². The lowest BCUT2D eigenvalue weighted by Crippen LogP contribution is -2.26. The molecule has 1 atom stereocenters. The van der Waals surface area contributed by atoms with Gasteiger partial charge in [0.2, 0.25) is 5.91 Å². The number of carbonyl (C=O) groups is 2. The molecule has 27 heavy (non-hydrogen) atoms. The molecule has 0 saturated carbocycles. The fourth-order valence-corrected chi connectivity index (χ4v) is 3.04. The summed E-state index contributed by atoms with van der Waals surface area (Å²) in [6.07, 6.45) is 5.71. The number of amides is 1. The Bertz CT molecular complexity index is 650. The number of carbonyl (C=O) groups excluding carboxylic acids is 2.